The van der Waals surface area contributed by atoms with E-state index in [1.54, 1.807) is 31.3 Å². The lowest BCUT2D eigenvalue weighted by Gasteiger charge is -2.18. The zero-order valence-corrected chi connectivity index (χ0v) is 20.9. The smallest absolute Gasteiger partial charge is 0.333 e. The molecular weight excluding hydrogens is 513 g/mol. The number of nitrogen functional groups attached to an aromatic ring is 1. The van der Waals surface area contributed by atoms with Gasteiger partial charge in [-0.1, -0.05) is 12.1 Å². The maximum atomic E-state index is 13.9. The van der Waals surface area contributed by atoms with Crippen LogP contribution in [0.15, 0.2) is 53.7 Å². The predicted octanol–water partition coefficient (Wildman–Crippen LogP) is 3.34. The highest BCUT2D eigenvalue weighted by Crippen LogP contribution is 2.32. The summed E-state index contributed by atoms with van der Waals surface area (Å²) in [6.45, 7) is -0.849. The fourth-order valence-electron chi connectivity index (χ4n) is 4.66. The van der Waals surface area contributed by atoms with E-state index in [4.69, 9.17) is 5.73 Å². The quantitative estimate of drug-likeness (QED) is 0.313. The fourth-order valence-corrected chi connectivity index (χ4v) is 4.66. The van der Waals surface area contributed by atoms with E-state index >= 15 is 0 Å². The van der Waals surface area contributed by atoms with E-state index in [9.17, 15) is 22.8 Å². The van der Waals surface area contributed by atoms with Gasteiger partial charge in [-0.05, 0) is 54.7 Å². The number of halogens is 3. The molecule has 0 saturated heterocycles. The highest BCUT2D eigenvalue weighted by atomic mass is 19.3. The number of benzene rings is 1. The minimum absolute atomic E-state index is 0.0803. The van der Waals surface area contributed by atoms with Gasteiger partial charge >= 0.3 is 6.55 Å². The second-order valence-electron chi connectivity index (χ2n) is 9.27. The highest BCUT2D eigenvalue weighted by molar-refractivity contribution is 5.81. The lowest BCUT2D eigenvalue weighted by molar-refractivity contribution is -0.124. The Morgan fingerprint density at radius 3 is 2.69 bits per heavy atom. The summed E-state index contributed by atoms with van der Waals surface area (Å²) in [6, 6.07) is 6.98. The molecule has 0 radical (unpaired) electrons. The summed E-state index contributed by atoms with van der Waals surface area (Å²) in [5.74, 6) is -0.550. The van der Waals surface area contributed by atoms with Crippen LogP contribution in [0.5, 0.6) is 0 Å². The van der Waals surface area contributed by atoms with E-state index in [1.807, 2.05) is 0 Å². The molecule has 0 unspecified atom stereocenters. The van der Waals surface area contributed by atoms with Crippen molar-refractivity contribution in [3.63, 3.8) is 0 Å². The van der Waals surface area contributed by atoms with Gasteiger partial charge in [0.15, 0.2) is 5.82 Å². The van der Waals surface area contributed by atoms with Gasteiger partial charge in [-0.3, -0.25) is 14.2 Å². The van der Waals surface area contributed by atoms with Gasteiger partial charge in [0.2, 0.25) is 5.91 Å². The molecule has 4 heterocycles. The number of nitrogens with zero attached hydrogens (tertiary/aromatic N) is 5. The van der Waals surface area contributed by atoms with Crippen molar-refractivity contribution >= 4 is 17.5 Å². The van der Waals surface area contributed by atoms with Crippen LogP contribution in [0.1, 0.15) is 41.4 Å². The van der Waals surface area contributed by atoms with Crippen LogP contribution < -0.4 is 21.9 Å². The Bertz CT molecular complexity index is 1560. The maximum absolute atomic E-state index is 13.9. The molecule has 1 aliphatic heterocycles. The Labute approximate surface area is 220 Å². The first-order chi connectivity index (χ1) is 18.7. The summed E-state index contributed by atoms with van der Waals surface area (Å²) in [4.78, 5) is 35.2. The van der Waals surface area contributed by atoms with Crippen molar-refractivity contribution < 1.29 is 18.0 Å². The zero-order valence-electron chi connectivity index (χ0n) is 20.9. The lowest BCUT2D eigenvalue weighted by atomic mass is 10.1. The Balaban J connectivity index is 1.49. The van der Waals surface area contributed by atoms with E-state index in [0.717, 1.165) is 11.8 Å². The predicted molar refractivity (Wildman–Crippen MR) is 137 cm³/mol. The minimum atomic E-state index is -2.85. The number of amides is 1. The number of alkyl halides is 2. The summed E-state index contributed by atoms with van der Waals surface area (Å²) in [5, 5.41) is 9.45. The molecule has 0 spiro atoms. The Morgan fingerprint density at radius 1 is 1.18 bits per heavy atom. The van der Waals surface area contributed by atoms with Gasteiger partial charge in [-0.2, -0.15) is 13.9 Å². The molecule has 1 aliphatic rings. The number of fused-ring (bicyclic) bond motifs is 1. The lowest BCUT2D eigenvalue weighted by Crippen LogP contribution is -2.36. The van der Waals surface area contributed by atoms with Gasteiger partial charge in [-0.15, -0.1) is 0 Å². The molecule has 202 valence electrons. The molecule has 1 aromatic carbocycles. The van der Waals surface area contributed by atoms with Gasteiger partial charge in [0, 0.05) is 36.7 Å². The first kappa shape index (κ1) is 25.9. The number of hydrogen-bond acceptors (Lipinski definition) is 7. The summed E-state index contributed by atoms with van der Waals surface area (Å²) < 4.78 is 42.2. The third-order valence-corrected chi connectivity index (χ3v) is 6.43. The van der Waals surface area contributed by atoms with Crippen molar-refractivity contribution in [3.05, 3.63) is 87.5 Å². The van der Waals surface area contributed by atoms with Crippen LogP contribution >= 0.6 is 0 Å². The van der Waals surface area contributed by atoms with Crippen LogP contribution in [0, 0.1) is 12.7 Å². The topological polar surface area (TPSA) is 133 Å². The number of nitrogens with one attached hydrogen (secondary N) is 2. The summed E-state index contributed by atoms with van der Waals surface area (Å²) in [5.41, 5.74) is 8.05. The van der Waals surface area contributed by atoms with Crippen molar-refractivity contribution in [2.75, 3.05) is 11.1 Å². The second-order valence-corrected chi connectivity index (χ2v) is 9.27. The summed E-state index contributed by atoms with van der Waals surface area (Å²) >= 11 is 0. The number of rotatable bonds is 8. The highest BCUT2D eigenvalue weighted by Gasteiger charge is 2.33. The van der Waals surface area contributed by atoms with Crippen molar-refractivity contribution in [2.45, 2.75) is 45.4 Å². The average Bonchev–Trinajstić information content (AvgIpc) is 3.56. The Hall–Kier alpha value is -4.68. The fraction of sp³-hybridized carbons (Fsp3) is 0.269. The summed E-state index contributed by atoms with van der Waals surface area (Å²) in [6.07, 6.45) is 4.55. The number of anilines is 2. The van der Waals surface area contributed by atoms with Gasteiger partial charge in [0.25, 0.3) is 5.56 Å². The van der Waals surface area contributed by atoms with Crippen molar-refractivity contribution in [1.29, 1.82) is 0 Å². The number of aromatic nitrogens is 5. The molecule has 0 saturated carbocycles. The van der Waals surface area contributed by atoms with Crippen LogP contribution in [0.3, 0.4) is 0 Å². The normalized spacial score (nSPS) is 14.4. The SMILES string of the molecule is Cc1cc(F)cc(CNc2nc(-c3cnn(C(F)F)c3)c3n(c2=O)[C@H](C(=O)NCc2ccc(N)nc2)CC3)c1. The summed E-state index contributed by atoms with van der Waals surface area (Å²) in [7, 11) is 0. The first-order valence-electron chi connectivity index (χ1n) is 12.2. The Morgan fingerprint density at radius 2 is 2.00 bits per heavy atom. The third kappa shape index (κ3) is 5.47. The monoisotopic (exact) mass is 538 g/mol. The van der Waals surface area contributed by atoms with E-state index in [1.165, 1.54) is 22.9 Å². The number of nitrogens with two attached hydrogens (primary N) is 1. The molecule has 4 N–H and O–H groups in total. The van der Waals surface area contributed by atoms with Crippen molar-refractivity contribution in [3.8, 4) is 11.3 Å². The van der Waals surface area contributed by atoms with Crippen molar-refractivity contribution in [2.24, 2.45) is 0 Å². The molecule has 4 aromatic rings. The zero-order chi connectivity index (χ0) is 27.7. The largest absolute Gasteiger partial charge is 0.384 e. The van der Waals surface area contributed by atoms with Crippen LogP contribution in [-0.4, -0.2) is 30.2 Å². The van der Waals surface area contributed by atoms with E-state index in [0.29, 0.717) is 40.2 Å². The third-order valence-electron chi connectivity index (χ3n) is 6.43. The number of pyridine rings is 1. The van der Waals surface area contributed by atoms with Crippen LogP contribution in [0.25, 0.3) is 11.3 Å². The molecule has 13 heteroatoms. The Kier molecular flexibility index (Phi) is 7.05. The molecule has 1 amide bonds. The molecule has 1 atom stereocenters. The van der Waals surface area contributed by atoms with Crippen LogP contribution in [-0.2, 0) is 24.3 Å². The molecular formula is C26H25F3N8O2. The standard InChI is InChI=1S/C26H25F3N8O2/c1-14-6-16(8-18(27)7-14)11-32-23-25(39)37-19(22(35-23)17-12-34-36(13-17)26(28)29)3-4-20(37)24(38)33-10-15-2-5-21(30)31-9-15/h2,5-9,12-13,20,26H,3-4,10-11H2,1H3,(H2,30,31)(H,32,35)(H,33,38)/t20-/m0/s1. The van der Waals surface area contributed by atoms with Gasteiger partial charge in [0.05, 0.1) is 11.9 Å². The molecule has 0 aliphatic carbocycles. The molecule has 3 aromatic heterocycles. The number of hydrogen-bond donors (Lipinski definition) is 3. The van der Waals surface area contributed by atoms with Crippen LogP contribution in [0.4, 0.5) is 24.8 Å². The number of aryl methyl sites for hydroxylation is 1. The molecule has 0 bridgehead atoms. The number of carbonyl (C=O) groups is 1. The second kappa shape index (κ2) is 10.6. The molecule has 0 fully saturated rings. The minimum Gasteiger partial charge on any atom is -0.384 e. The van der Waals surface area contributed by atoms with Crippen LogP contribution in [0.2, 0.25) is 0 Å². The van der Waals surface area contributed by atoms with Crippen molar-refractivity contribution in [1.82, 2.24) is 29.6 Å². The first-order valence-corrected chi connectivity index (χ1v) is 12.2. The van der Waals surface area contributed by atoms with Gasteiger partial charge < -0.3 is 16.4 Å². The van der Waals surface area contributed by atoms with E-state index in [-0.39, 0.29) is 36.1 Å². The molecule has 39 heavy (non-hydrogen) atoms. The number of carbonyl (C=O) groups excluding carboxylic acids is 1. The van der Waals surface area contributed by atoms with E-state index in [2.05, 4.69) is 25.7 Å². The molecule has 10 nitrogen and oxygen atoms in total. The maximum Gasteiger partial charge on any atom is 0.333 e. The van der Waals surface area contributed by atoms with Gasteiger partial charge in [-0.25, -0.2) is 19.0 Å². The van der Waals surface area contributed by atoms with Gasteiger partial charge in [0.1, 0.15) is 17.7 Å². The molecule has 5 rings (SSSR count). The van der Waals surface area contributed by atoms with E-state index < -0.39 is 24.0 Å². The average molecular weight is 539 g/mol.